The molecule has 5 nitrogen and oxygen atoms in total. The van der Waals surface area contributed by atoms with Crippen LogP contribution in [0.1, 0.15) is 6.23 Å². The Hall–Kier alpha value is -1.40. The van der Waals surface area contributed by atoms with Crippen molar-refractivity contribution >= 4 is 10.9 Å². The zero-order chi connectivity index (χ0) is 12.7. The predicted molar refractivity (Wildman–Crippen MR) is 64.9 cm³/mol. The smallest absolute Gasteiger partial charge is 0.162 e. The van der Waals surface area contributed by atoms with E-state index in [1.807, 2.05) is 36.5 Å². The highest BCUT2D eigenvalue weighted by Gasteiger charge is 2.38. The van der Waals surface area contributed by atoms with Gasteiger partial charge in [0.2, 0.25) is 0 Å². The third-order valence-corrected chi connectivity index (χ3v) is 3.38. The molecule has 0 spiro atoms. The lowest BCUT2D eigenvalue weighted by molar-refractivity contribution is -0.209. The molecule has 2 heterocycles. The van der Waals surface area contributed by atoms with Gasteiger partial charge in [-0.1, -0.05) is 18.2 Å². The van der Waals surface area contributed by atoms with Gasteiger partial charge in [-0.05, 0) is 17.5 Å². The molecule has 18 heavy (non-hydrogen) atoms. The van der Waals surface area contributed by atoms with Gasteiger partial charge < -0.3 is 24.6 Å². The van der Waals surface area contributed by atoms with Crippen molar-refractivity contribution in [1.29, 1.82) is 0 Å². The topological polar surface area (TPSA) is 74.9 Å². The molecule has 3 rings (SSSR count). The van der Waals surface area contributed by atoms with Crippen molar-refractivity contribution in [3.8, 4) is 0 Å². The lowest BCUT2D eigenvalue weighted by Crippen LogP contribution is -2.50. The Labute approximate surface area is 104 Å². The quantitative estimate of drug-likeness (QED) is 0.677. The Morgan fingerprint density at radius 2 is 1.83 bits per heavy atom. The van der Waals surface area contributed by atoms with Crippen LogP contribution in [0.4, 0.5) is 0 Å². The van der Waals surface area contributed by atoms with Crippen LogP contribution in [0.2, 0.25) is 0 Å². The van der Waals surface area contributed by atoms with Crippen LogP contribution in [-0.4, -0.2) is 44.8 Å². The highest BCUT2D eigenvalue weighted by Crippen LogP contribution is 2.28. The molecule has 1 aromatic carbocycles. The first-order valence-corrected chi connectivity index (χ1v) is 5.90. The maximum absolute atomic E-state index is 9.98. The van der Waals surface area contributed by atoms with E-state index in [-0.39, 0.29) is 6.61 Å². The second kappa shape index (κ2) is 4.37. The predicted octanol–water partition coefficient (Wildman–Crippen LogP) is 0.253. The first-order chi connectivity index (χ1) is 8.68. The van der Waals surface area contributed by atoms with Crippen molar-refractivity contribution in [2.75, 3.05) is 6.61 Å². The van der Waals surface area contributed by atoms with Crippen molar-refractivity contribution in [3.05, 3.63) is 36.5 Å². The molecule has 1 aliphatic heterocycles. The van der Waals surface area contributed by atoms with Crippen LogP contribution in [0.5, 0.6) is 0 Å². The number of hydrogen-bond donors (Lipinski definition) is 3. The Bertz CT molecular complexity index is 553. The highest BCUT2D eigenvalue weighted by molar-refractivity contribution is 5.80. The Morgan fingerprint density at radius 1 is 1.06 bits per heavy atom. The summed E-state index contributed by atoms with van der Waals surface area (Å²) in [5, 5.41) is 30.1. The summed E-state index contributed by atoms with van der Waals surface area (Å²) in [5.41, 5.74) is 0.921. The second-order valence-electron chi connectivity index (χ2n) is 4.55. The summed E-state index contributed by atoms with van der Waals surface area (Å²) in [4.78, 5) is 0. The molecule has 4 atom stereocenters. The number of ether oxygens (including phenoxy) is 1. The van der Waals surface area contributed by atoms with Gasteiger partial charge in [0.25, 0.3) is 0 Å². The van der Waals surface area contributed by atoms with Gasteiger partial charge in [0.1, 0.15) is 18.3 Å². The van der Waals surface area contributed by atoms with Crippen LogP contribution >= 0.6 is 0 Å². The van der Waals surface area contributed by atoms with E-state index in [2.05, 4.69) is 0 Å². The minimum Gasteiger partial charge on any atom is -0.388 e. The van der Waals surface area contributed by atoms with Crippen LogP contribution in [-0.2, 0) is 4.74 Å². The Balaban J connectivity index is 1.99. The molecule has 1 aliphatic rings. The number of para-hydroxylation sites is 1. The molecule has 2 aromatic rings. The molecule has 4 unspecified atom stereocenters. The fourth-order valence-electron chi connectivity index (χ4n) is 2.36. The summed E-state index contributed by atoms with van der Waals surface area (Å²) >= 11 is 0. The number of nitrogens with zero attached hydrogens (tertiary/aromatic N) is 1. The van der Waals surface area contributed by atoms with Gasteiger partial charge in [0.05, 0.1) is 12.1 Å². The number of hydrogen-bond acceptors (Lipinski definition) is 4. The van der Waals surface area contributed by atoms with E-state index in [1.165, 1.54) is 0 Å². The lowest BCUT2D eigenvalue weighted by Gasteiger charge is -2.36. The number of benzene rings is 1. The van der Waals surface area contributed by atoms with E-state index in [1.54, 1.807) is 4.57 Å². The van der Waals surface area contributed by atoms with E-state index < -0.39 is 24.5 Å². The summed E-state index contributed by atoms with van der Waals surface area (Å²) in [6.45, 7) is 0.00933. The van der Waals surface area contributed by atoms with Crippen molar-refractivity contribution in [2.24, 2.45) is 0 Å². The van der Waals surface area contributed by atoms with Crippen molar-refractivity contribution in [2.45, 2.75) is 24.5 Å². The van der Waals surface area contributed by atoms with Gasteiger partial charge in [-0.25, -0.2) is 0 Å². The fraction of sp³-hybridized carbons (Fsp3) is 0.385. The van der Waals surface area contributed by atoms with Crippen LogP contribution < -0.4 is 0 Å². The van der Waals surface area contributed by atoms with Crippen LogP contribution in [0.3, 0.4) is 0 Å². The van der Waals surface area contributed by atoms with Crippen LogP contribution in [0.15, 0.2) is 36.5 Å². The molecule has 3 N–H and O–H groups in total. The largest absolute Gasteiger partial charge is 0.388 e. The zero-order valence-electron chi connectivity index (χ0n) is 9.68. The molecular formula is C13H15NO4. The van der Waals surface area contributed by atoms with E-state index >= 15 is 0 Å². The fourth-order valence-corrected chi connectivity index (χ4v) is 2.36. The normalized spacial score (nSPS) is 32.8. The third-order valence-electron chi connectivity index (χ3n) is 3.38. The minimum absolute atomic E-state index is 0.00933. The molecule has 96 valence electrons. The second-order valence-corrected chi connectivity index (χ2v) is 4.55. The summed E-state index contributed by atoms with van der Waals surface area (Å²) < 4.78 is 7.20. The summed E-state index contributed by atoms with van der Waals surface area (Å²) in [6, 6.07) is 9.64. The van der Waals surface area contributed by atoms with E-state index in [4.69, 9.17) is 4.74 Å². The first kappa shape index (κ1) is 11.7. The third kappa shape index (κ3) is 1.72. The molecule has 0 radical (unpaired) electrons. The van der Waals surface area contributed by atoms with E-state index in [0.29, 0.717) is 0 Å². The number of aromatic nitrogens is 1. The van der Waals surface area contributed by atoms with Gasteiger partial charge in [0.15, 0.2) is 6.23 Å². The summed E-state index contributed by atoms with van der Waals surface area (Å²) in [5.74, 6) is 0. The highest BCUT2D eigenvalue weighted by atomic mass is 16.5. The minimum atomic E-state index is -1.19. The number of rotatable bonds is 1. The van der Waals surface area contributed by atoms with Gasteiger partial charge in [-0.2, -0.15) is 0 Å². The molecule has 1 saturated heterocycles. The van der Waals surface area contributed by atoms with Gasteiger partial charge >= 0.3 is 0 Å². The molecule has 0 bridgehead atoms. The van der Waals surface area contributed by atoms with Crippen molar-refractivity contribution < 1.29 is 20.1 Å². The van der Waals surface area contributed by atoms with Crippen molar-refractivity contribution in [3.63, 3.8) is 0 Å². The molecule has 1 fully saturated rings. The average molecular weight is 249 g/mol. The standard InChI is InChI=1S/C13H15NO4/c15-10-7-18-13(12(17)11(10)16)14-6-5-8-3-1-2-4-9(8)14/h1-6,10-13,15-17H,7H2. The van der Waals surface area contributed by atoms with Crippen LogP contribution in [0.25, 0.3) is 10.9 Å². The Morgan fingerprint density at radius 3 is 2.67 bits per heavy atom. The average Bonchev–Trinajstić information content (AvgIpc) is 2.80. The zero-order valence-corrected chi connectivity index (χ0v) is 9.68. The maximum Gasteiger partial charge on any atom is 0.162 e. The molecule has 0 saturated carbocycles. The molecular weight excluding hydrogens is 234 g/mol. The maximum atomic E-state index is 9.98. The van der Waals surface area contributed by atoms with Gasteiger partial charge in [-0.15, -0.1) is 0 Å². The first-order valence-electron chi connectivity index (χ1n) is 5.90. The molecule has 0 amide bonds. The van der Waals surface area contributed by atoms with E-state index in [0.717, 1.165) is 10.9 Å². The molecule has 1 aromatic heterocycles. The summed E-state index contributed by atoms with van der Waals surface area (Å²) in [7, 11) is 0. The van der Waals surface area contributed by atoms with Gasteiger partial charge in [0, 0.05) is 6.20 Å². The molecule has 5 heteroatoms. The lowest BCUT2D eigenvalue weighted by atomic mass is 10.0. The number of fused-ring (bicyclic) bond motifs is 1. The SMILES string of the molecule is OC1COC(n2ccc3ccccc32)C(O)C1O. The monoisotopic (exact) mass is 249 g/mol. The Kier molecular flexibility index (Phi) is 2.83. The number of aliphatic hydroxyl groups is 3. The van der Waals surface area contributed by atoms with Crippen LogP contribution in [0, 0.1) is 0 Å². The summed E-state index contributed by atoms with van der Waals surface area (Å²) in [6.07, 6.45) is -2.25. The molecule has 0 aliphatic carbocycles. The van der Waals surface area contributed by atoms with Crippen molar-refractivity contribution in [1.82, 2.24) is 4.57 Å². The number of aliphatic hydroxyl groups excluding tert-OH is 3. The van der Waals surface area contributed by atoms with E-state index in [9.17, 15) is 15.3 Å². The van der Waals surface area contributed by atoms with Gasteiger partial charge in [-0.3, -0.25) is 0 Å².